The van der Waals surface area contributed by atoms with Crippen LogP contribution in [-0.4, -0.2) is 50.1 Å². The van der Waals surface area contributed by atoms with Gasteiger partial charge in [-0.25, -0.2) is 4.39 Å². The Labute approximate surface area is 162 Å². The molecule has 2 amide bonds. The molecule has 0 bridgehead atoms. The van der Waals surface area contributed by atoms with Crippen LogP contribution in [0.2, 0.25) is 0 Å². The number of benzene rings is 2. The number of carbonyl (C=O) groups is 2. The molecule has 0 saturated heterocycles. The van der Waals surface area contributed by atoms with Crippen molar-refractivity contribution in [2.45, 2.75) is 6.42 Å². The first-order chi connectivity index (χ1) is 13.5. The Kier molecular flexibility index (Phi) is 6.44. The van der Waals surface area contributed by atoms with Crippen molar-refractivity contribution in [1.29, 1.82) is 0 Å². The smallest absolute Gasteiger partial charge is 0.238 e. The van der Waals surface area contributed by atoms with E-state index in [1.807, 2.05) is 0 Å². The van der Waals surface area contributed by atoms with Crippen molar-refractivity contribution in [1.82, 2.24) is 4.90 Å². The van der Waals surface area contributed by atoms with Crippen LogP contribution in [-0.2, 0) is 9.59 Å². The summed E-state index contributed by atoms with van der Waals surface area (Å²) in [5, 5.41) is 5.37. The molecule has 148 valence electrons. The molecule has 0 aliphatic carbocycles. The Bertz CT molecular complexity index is 859. The number of anilines is 2. The summed E-state index contributed by atoms with van der Waals surface area (Å²) < 4.78 is 24.3. The van der Waals surface area contributed by atoms with E-state index in [0.717, 1.165) is 6.42 Å². The molecule has 1 aliphatic rings. The molecule has 0 spiro atoms. The van der Waals surface area contributed by atoms with Crippen LogP contribution in [0.4, 0.5) is 15.8 Å². The maximum Gasteiger partial charge on any atom is 0.238 e. The molecule has 7 nitrogen and oxygen atoms in total. The predicted molar refractivity (Wildman–Crippen MR) is 103 cm³/mol. The molecule has 0 radical (unpaired) electrons. The van der Waals surface area contributed by atoms with Crippen LogP contribution in [0.5, 0.6) is 11.5 Å². The van der Waals surface area contributed by atoms with Gasteiger partial charge in [0.15, 0.2) is 11.5 Å². The number of fused-ring (bicyclic) bond motifs is 1. The van der Waals surface area contributed by atoms with Gasteiger partial charge in [0.1, 0.15) is 5.82 Å². The second kappa shape index (κ2) is 9.18. The fourth-order valence-electron chi connectivity index (χ4n) is 2.75. The van der Waals surface area contributed by atoms with E-state index in [1.54, 1.807) is 36.2 Å². The van der Waals surface area contributed by atoms with Crippen LogP contribution in [0.1, 0.15) is 6.42 Å². The van der Waals surface area contributed by atoms with Crippen molar-refractivity contribution < 1.29 is 23.5 Å². The van der Waals surface area contributed by atoms with Gasteiger partial charge in [-0.1, -0.05) is 6.07 Å². The number of carbonyl (C=O) groups excluding carboxylic acids is 2. The molecular weight excluding hydrogens is 365 g/mol. The fraction of sp³-hybridized carbons (Fsp3) is 0.300. The average Bonchev–Trinajstić information content (AvgIpc) is 2.86. The van der Waals surface area contributed by atoms with Gasteiger partial charge in [-0.3, -0.25) is 14.5 Å². The zero-order valence-corrected chi connectivity index (χ0v) is 15.5. The SMILES string of the molecule is CN(CC(=O)Nc1cccc(F)c1)CC(=O)Nc1ccc2c(c1)OCCCO2. The summed E-state index contributed by atoms with van der Waals surface area (Å²) >= 11 is 0. The molecule has 2 N–H and O–H groups in total. The summed E-state index contributed by atoms with van der Waals surface area (Å²) in [6.45, 7) is 1.17. The summed E-state index contributed by atoms with van der Waals surface area (Å²) in [6, 6.07) is 10.8. The molecule has 1 aliphatic heterocycles. The number of hydrogen-bond donors (Lipinski definition) is 2. The predicted octanol–water partition coefficient (Wildman–Crippen LogP) is 2.50. The van der Waals surface area contributed by atoms with Gasteiger partial charge in [-0.05, 0) is 37.4 Å². The van der Waals surface area contributed by atoms with Crippen LogP contribution in [0.15, 0.2) is 42.5 Å². The van der Waals surface area contributed by atoms with Crippen LogP contribution < -0.4 is 20.1 Å². The first-order valence-corrected chi connectivity index (χ1v) is 8.93. The first-order valence-electron chi connectivity index (χ1n) is 8.93. The Morgan fingerprint density at radius 1 is 0.964 bits per heavy atom. The highest BCUT2D eigenvalue weighted by Crippen LogP contribution is 2.32. The third-order valence-corrected chi connectivity index (χ3v) is 3.97. The lowest BCUT2D eigenvalue weighted by Crippen LogP contribution is -2.36. The van der Waals surface area contributed by atoms with Gasteiger partial charge < -0.3 is 20.1 Å². The Balaban J connectivity index is 1.49. The van der Waals surface area contributed by atoms with Crippen LogP contribution in [0.3, 0.4) is 0 Å². The molecular formula is C20H22FN3O4. The van der Waals surface area contributed by atoms with Gasteiger partial charge in [0.2, 0.25) is 11.8 Å². The largest absolute Gasteiger partial charge is 0.490 e. The highest BCUT2D eigenvalue weighted by atomic mass is 19.1. The lowest BCUT2D eigenvalue weighted by molar-refractivity contribution is -0.119. The summed E-state index contributed by atoms with van der Waals surface area (Å²) in [5.74, 6) is 0.215. The van der Waals surface area contributed by atoms with Crippen molar-refractivity contribution in [3.8, 4) is 11.5 Å². The van der Waals surface area contributed by atoms with Gasteiger partial charge in [-0.15, -0.1) is 0 Å². The van der Waals surface area contributed by atoms with E-state index in [9.17, 15) is 14.0 Å². The maximum absolute atomic E-state index is 13.2. The van der Waals surface area contributed by atoms with E-state index in [4.69, 9.17) is 9.47 Å². The van der Waals surface area contributed by atoms with Gasteiger partial charge >= 0.3 is 0 Å². The molecule has 2 aromatic rings. The third kappa shape index (κ3) is 5.68. The number of nitrogens with one attached hydrogen (secondary N) is 2. The number of amides is 2. The molecule has 28 heavy (non-hydrogen) atoms. The number of hydrogen-bond acceptors (Lipinski definition) is 5. The van der Waals surface area contributed by atoms with Crippen LogP contribution >= 0.6 is 0 Å². The molecule has 2 aromatic carbocycles. The molecule has 0 aromatic heterocycles. The highest BCUT2D eigenvalue weighted by molar-refractivity contribution is 5.94. The number of halogens is 1. The lowest BCUT2D eigenvalue weighted by Gasteiger charge is -2.16. The Morgan fingerprint density at radius 2 is 1.61 bits per heavy atom. The quantitative estimate of drug-likeness (QED) is 0.796. The van der Waals surface area contributed by atoms with Gasteiger partial charge in [0.05, 0.1) is 26.3 Å². The van der Waals surface area contributed by atoms with Crippen molar-refractivity contribution in [3.63, 3.8) is 0 Å². The standard InChI is InChI=1S/C20H22FN3O4/c1-24(12-19(25)22-15-5-2-4-14(21)10-15)13-20(26)23-16-6-7-17-18(11-16)28-9-3-8-27-17/h2,4-7,10-11H,3,8-9,12-13H2,1H3,(H,22,25)(H,23,26). The summed E-state index contributed by atoms with van der Waals surface area (Å²) in [7, 11) is 1.65. The van der Waals surface area contributed by atoms with E-state index >= 15 is 0 Å². The Morgan fingerprint density at radius 3 is 2.29 bits per heavy atom. The fourth-order valence-corrected chi connectivity index (χ4v) is 2.75. The Hall–Kier alpha value is -3.13. The monoisotopic (exact) mass is 387 g/mol. The van der Waals surface area contributed by atoms with Gasteiger partial charge in [0, 0.05) is 23.9 Å². The maximum atomic E-state index is 13.2. The molecule has 0 saturated carbocycles. The number of ether oxygens (including phenoxy) is 2. The minimum Gasteiger partial charge on any atom is -0.490 e. The number of nitrogens with zero attached hydrogens (tertiary/aromatic N) is 1. The second-order valence-electron chi connectivity index (χ2n) is 6.49. The summed E-state index contributed by atoms with van der Waals surface area (Å²) in [5.41, 5.74) is 0.960. The topological polar surface area (TPSA) is 79.9 Å². The van der Waals surface area contributed by atoms with E-state index in [1.165, 1.54) is 18.2 Å². The zero-order chi connectivity index (χ0) is 19.9. The lowest BCUT2D eigenvalue weighted by atomic mass is 10.2. The molecule has 0 fully saturated rings. The summed E-state index contributed by atoms with van der Waals surface area (Å²) in [6.07, 6.45) is 0.804. The van der Waals surface area contributed by atoms with Crippen LogP contribution in [0, 0.1) is 5.82 Å². The number of rotatable bonds is 6. The highest BCUT2D eigenvalue weighted by Gasteiger charge is 2.14. The van der Waals surface area contributed by atoms with Crippen molar-refractivity contribution in [2.24, 2.45) is 0 Å². The van der Waals surface area contributed by atoms with E-state index in [0.29, 0.717) is 36.1 Å². The number of likely N-dealkylation sites (N-methyl/N-ethyl adjacent to an activating group) is 1. The van der Waals surface area contributed by atoms with Crippen LogP contribution in [0.25, 0.3) is 0 Å². The van der Waals surface area contributed by atoms with Gasteiger partial charge in [-0.2, -0.15) is 0 Å². The third-order valence-electron chi connectivity index (χ3n) is 3.97. The van der Waals surface area contributed by atoms with E-state index in [2.05, 4.69) is 10.6 Å². The van der Waals surface area contributed by atoms with Crippen molar-refractivity contribution in [2.75, 3.05) is 44.0 Å². The van der Waals surface area contributed by atoms with Crippen molar-refractivity contribution in [3.05, 3.63) is 48.3 Å². The molecule has 3 rings (SSSR count). The second-order valence-corrected chi connectivity index (χ2v) is 6.49. The molecule has 8 heteroatoms. The molecule has 0 atom stereocenters. The normalized spacial score (nSPS) is 13.0. The van der Waals surface area contributed by atoms with E-state index in [-0.39, 0.29) is 24.9 Å². The minimum atomic E-state index is -0.430. The minimum absolute atomic E-state index is 0.00886. The first kappa shape index (κ1) is 19.6. The van der Waals surface area contributed by atoms with Gasteiger partial charge in [0.25, 0.3) is 0 Å². The average molecular weight is 387 g/mol. The summed E-state index contributed by atoms with van der Waals surface area (Å²) in [4.78, 5) is 25.8. The zero-order valence-electron chi connectivity index (χ0n) is 15.5. The van der Waals surface area contributed by atoms with E-state index < -0.39 is 5.82 Å². The van der Waals surface area contributed by atoms with Crippen molar-refractivity contribution >= 4 is 23.2 Å². The molecule has 0 unspecified atom stereocenters. The molecule has 1 heterocycles.